The van der Waals surface area contributed by atoms with Gasteiger partial charge in [0.1, 0.15) is 12.3 Å². The lowest BCUT2D eigenvalue weighted by Crippen LogP contribution is -2.31. The van der Waals surface area contributed by atoms with Crippen molar-refractivity contribution in [1.29, 1.82) is 0 Å². The molecule has 0 radical (unpaired) electrons. The number of rotatable bonds is 9. The van der Waals surface area contributed by atoms with E-state index in [4.69, 9.17) is 32.8 Å². The number of hydrogen-bond acceptors (Lipinski definition) is 7. The summed E-state index contributed by atoms with van der Waals surface area (Å²) in [5.41, 5.74) is 1.57. The van der Waals surface area contributed by atoms with Crippen molar-refractivity contribution in [2.75, 3.05) is 39.2 Å². The highest BCUT2D eigenvalue weighted by Gasteiger charge is 2.20. The smallest absolute Gasteiger partial charge is 0.293 e. The summed E-state index contributed by atoms with van der Waals surface area (Å²) in [7, 11) is 5.08. The average Bonchev–Trinajstić information content (AvgIpc) is 3.24. The van der Waals surface area contributed by atoms with Crippen molar-refractivity contribution >= 4 is 51.8 Å². The van der Waals surface area contributed by atoms with E-state index in [-0.39, 0.29) is 29.7 Å². The average molecular weight is 545 g/mol. The number of fused-ring (bicyclic) bond motifs is 1. The zero-order valence-electron chi connectivity index (χ0n) is 20.8. The summed E-state index contributed by atoms with van der Waals surface area (Å²) < 4.78 is 7.88. The molecule has 0 aliphatic rings. The third-order valence-electron chi connectivity index (χ3n) is 5.65. The third kappa shape index (κ3) is 5.41. The topological polar surface area (TPSA) is 104 Å². The van der Waals surface area contributed by atoms with Crippen LogP contribution in [0.5, 0.6) is 0 Å². The highest BCUT2D eigenvalue weighted by molar-refractivity contribution is 6.39. The molecule has 37 heavy (non-hydrogen) atoms. The minimum absolute atomic E-state index is 0.150. The number of anilines is 2. The van der Waals surface area contributed by atoms with Gasteiger partial charge in [0.05, 0.1) is 27.9 Å². The lowest BCUT2D eigenvalue weighted by Gasteiger charge is -2.16. The Hall–Kier alpha value is -3.60. The standard InChI is InChI=1S/C25H26Cl2N6O4/c1-5-37-33-22-15(11-17(23(33)34)21-18(26)7-6-8-19(21)27)13-28-25(30-22)29-16-12-20(32(3)14-16)24(35)31(2)9-10-36-4/h6-8,11-14H,5,9-10H2,1-4H3,(H,28,29,30). The van der Waals surface area contributed by atoms with Crippen molar-refractivity contribution in [3.63, 3.8) is 0 Å². The molecule has 3 aromatic heterocycles. The summed E-state index contributed by atoms with van der Waals surface area (Å²) in [6, 6.07) is 8.37. The first-order valence-corrected chi connectivity index (χ1v) is 12.2. The van der Waals surface area contributed by atoms with Gasteiger partial charge in [-0.2, -0.15) is 4.98 Å². The van der Waals surface area contributed by atoms with Crippen molar-refractivity contribution in [3.05, 3.63) is 68.8 Å². The van der Waals surface area contributed by atoms with Crippen LogP contribution in [0.3, 0.4) is 0 Å². The van der Waals surface area contributed by atoms with Crippen molar-refractivity contribution < 1.29 is 14.4 Å². The Bertz CT molecular complexity index is 1500. The summed E-state index contributed by atoms with van der Waals surface area (Å²) >= 11 is 12.7. The van der Waals surface area contributed by atoms with Crippen LogP contribution in [0.4, 0.5) is 11.6 Å². The molecular formula is C25H26Cl2N6O4. The molecule has 12 heteroatoms. The molecule has 4 aromatic rings. The highest BCUT2D eigenvalue weighted by Crippen LogP contribution is 2.33. The molecular weight excluding hydrogens is 519 g/mol. The summed E-state index contributed by atoms with van der Waals surface area (Å²) in [6.07, 6.45) is 3.32. The molecule has 0 atom stereocenters. The zero-order chi connectivity index (χ0) is 26.7. The molecule has 3 heterocycles. The first kappa shape index (κ1) is 26.5. The number of pyridine rings is 1. The number of nitrogens with one attached hydrogen (secondary N) is 1. The quantitative estimate of drug-likeness (QED) is 0.339. The minimum Gasteiger partial charge on any atom is -0.409 e. The molecule has 0 fully saturated rings. The Morgan fingerprint density at radius 2 is 1.95 bits per heavy atom. The second-order valence-corrected chi connectivity index (χ2v) is 9.03. The van der Waals surface area contributed by atoms with E-state index in [1.54, 1.807) is 80.3 Å². The van der Waals surface area contributed by atoms with Gasteiger partial charge in [-0.3, -0.25) is 9.59 Å². The number of likely N-dealkylation sites (N-methyl/N-ethyl adjacent to an activating group) is 1. The maximum absolute atomic E-state index is 13.4. The van der Waals surface area contributed by atoms with Gasteiger partial charge in [0, 0.05) is 51.1 Å². The predicted molar refractivity (Wildman–Crippen MR) is 144 cm³/mol. The maximum atomic E-state index is 13.4. The first-order valence-electron chi connectivity index (χ1n) is 11.4. The van der Waals surface area contributed by atoms with Gasteiger partial charge in [-0.15, -0.1) is 4.73 Å². The molecule has 194 valence electrons. The van der Waals surface area contributed by atoms with Crippen molar-refractivity contribution in [2.45, 2.75) is 6.92 Å². The van der Waals surface area contributed by atoms with Crippen LogP contribution in [0.1, 0.15) is 17.4 Å². The van der Waals surface area contributed by atoms with E-state index >= 15 is 0 Å². The number of aryl methyl sites for hydroxylation is 1. The third-order valence-corrected chi connectivity index (χ3v) is 6.28. The Labute approximate surface area is 223 Å². The molecule has 1 aromatic carbocycles. The van der Waals surface area contributed by atoms with Gasteiger partial charge < -0.3 is 24.4 Å². The highest BCUT2D eigenvalue weighted by atomic mass is 35.5. The molecule has 0 unspecified atom stereocenters. The number of carbonyl (C=O) groups is 1. The second kappa shape index (κ2) is 11.2. The summed E-state index contributed by atoms with van der Waals surface area (Å²) in [5.74, 6) is 0.0733. The summed E-state index contributed by atoms with van der Waals surface area (Å²) in [5, 5.41) is 4.33. The number of amides is 1. The number of aromatic nitrogens is 4. The Kier molecular flexibility index (Phi) is 8.01. The lowest BCUT2D eigenvalue weighted by molar-refractivity contribution is 0.0735. The van der Waals surface area contributed by atoms with Gasteiger partial charge in [-0.05, 0) is 31.2 Å². The predicted octanol–water partition coefficient (Wildman–Crippen LogP) is 4.01. The lowest BCUT2D eigenvalue weighted by atomic mass is 10.1. The Morgan fingerprint density at radius 3 is 2.62 bits per heavy atom. The largest absolute Gasteiger partial charge is 0.409 e. The van der Waals surface area contributed by atoms with Gasteiger partial charge in [0.2, 0.25) is 5.95 Å². The Balaban J connectivity index is 1.71. The molecule has 10 nitrogen and oxygen atoms in total. The van der Waals surface area contributed by atoms with Crippen molar-refractivity contribution in [2.24, 2.45) is 7.05 Å². The van der Waals surface area contributed by atoms with Crippen molar-refractivity contribution in [3.8, 4) is 11.1 Å². The van der Waals surface area contributed by atoms with Crippen LogP contribution < -0.4 is 15.7 Å². The summed E-state index contributed by atoms with van der Waals surface area (Å²) in [6.45, 7) is 2.89. The summed E-state index contributed by atoms with van der Waals surface area (Å²) in [4.78, 5) is 42.3. The minimum atomic E-state index is -0.458. The van der Waals surface area contributed by atoms with E-state index in [9.17, 15) is 9.59 Å². The normalized spacial score (nSPS) is 11.1. The van der Waals surface area contributed by atoms with E-state index < -0.39 is 5.56 Å². The van der Waals surface area contributed by atoms with Gasteiger partial charge >= 0.3 is 0 Å². The van der Waals surface area contributed by atoms with E-state index in [1.165, 1.54) is 0 Å². The second-order valence-electron chi connectivity index (χ2n) is 8.21. The van der Waals surface area contributed by atoms with Crippen LogP contribution in [0.2, 0.25) is 10.0 Å². The van der Waals surface area contributed by atoms with Gasteiger partial charge in [-0.1, -0.05) is 29.3 Å². The molecule has 0 aliphatic heterocycles. The number of halogens is 2. The van der Waals surface area contributed by atoms with E-state index in [0.717, 1.165) is 4.73 Å². The van der Waals surface area contributed by atoms with E-state index in [2.05, 4.69) is 15.3 Å². The fourth-order valence-electron chi connectivity index (χ4n) is 3.81. The number of benzene rings is 1. The van der Waals surface area contributed by atoms with Crippen LogP contribution in [0.25, 0.3) is 22.2 Å². The molecule has 0 aliphatic carbocycles. The fraction of sp³-hybridized carbons (Fsp3) is 0.280. The van der Waals surface area contributed by atoms with E-state index in [1.807, 2.05) is 0 Å². The van der Waals surface area contributed by atoms with Gasteiger partial charge in [-0.25, -0.2) is 4.98 Å². The van der Waals surface area contributed by atoms with Crippen LogP contribution in [0, 0.1) is 0 Å². The Morgan fingerprint density at radius 1 is 1.22 bits per heavy atom. The number of carbonyl (C=O) groups excluding carboxylic acids is 1. The molecule has 0 saturated heterocycles. The van der Waals surface area contributed by atoms with Crippen LogP contribution >= 0.6 is 23.2 Å². The fourth-order valence-corrected chi connectivity index (χ4v) is 4.41. The van der Waals surface area contributed by atoms with Crippen LogP contribution in [-0.2, 0) is 11.8 Å². The zero-order valence-corrected chi connectivity index (χ0v) is 22.3. The van der Waals surface area contributed by atoms with E-state index in [0.29, 0.717) is 45.5 Å². The van der Waals surface area contributed by atoms with Crippen LogP contribution in [-0.4, -0.2) is 64.0 Å². The molecule has 0 bridgehead atoms. The first-order chi connectivity index (χ1) is 17.7. The molecule has 0 spiro atoms. The maximum Gasteiger partial charge on any atom is 0.293 e. The van der Waals surface area contributed by atoms with Gasteiger partial charge in [0.15, 0.2) is 5.65 Å². The molecule has 4 rings (SSSR count). The number of hydrogen-bond donors (Lipinski definition) is 1. The number of methoxy groups -OCH3 is 1. The molecule has 1 amide bonds. The number of nitrogens with zero attached hydrogens (tertiary/aromatic N) is 5. The van der Waals surface area contributed by atoms with Crippen LogP contribution in [0.15, 0.2) is 47.5 Å². The SMILES string of the molecule is CCOn1c(=O)c(-c2c(Cl)cccc2Cl)cc2cnc(Nc3cc(C(=O)N(C)CCOC)n(C)c3)nc21. The van der Waals surface area contributed by atoms with Gasteiger partial charge in [0.25, 0.3) is 11.5 Å². The molecule has 1 N–H and O–H groups in total. The molecule has 0 saturated carbocycles. The monoisotopic (exact) mass is 544 g/mol. The number of ether oxygens (including phenoxy) is 1. The van der Waals surface area contributed by atoms with Crippen molar-refractivity contribution in [1.82, 2.24) is 24.2 Å².